The Balaban J connectivity index is 1.88. The summed E-state index contributed by atoms with van der Waals surface area (Å²) in [6.07, 6.45) is 0.0399. The summed E-state index contributed by atoms with van der Waals surface area (Å²) < 4.78 is 10.5. The minimum Gasteiger partial charge on any atom is -0.465 e. The summed E-state index contributed by atoms with van der Waals surface area (Å²) in [6, 6.07) is 14.7. The highest BCUT2D eigenvalue weighted by molar-refractivity contribution is 6.31. The van der Waals surface area contributed by atoms with Gasteiger partial charge in [0.1, 0.15) is 5.60 Å². The maximum absolute atomic E-state index is 13.4. The number of halogens is 1. The lowest BCUT2D eigenvalue weighted by atomic mass is 9.95. The minimum atomic E-state index is -0.728. The second-order valence-corrected chi connectivity index (χ2v) is 11.2. The van der Waals surface area contributed by atoms with Crippen LogP contribution in [0, 0.1) is 12.8 Å². The summed E-state index contributed by atoms with van der Waals surface area (Å²) in [4.78, 5) is 47.7. The molecule has 5 N–H and O–H groups in total. The number of esters is 1. The fourth-order valence-corrected chi connectivity index (χ4v) is 4.33. The van der Waals surface area contributed by atoms with Crippen LogP contribution in [0.25, 0.3) is 0 Å². The summed E-state index contributed by atoms with van der Waals surface area (Å²) in [6.45, 7) is 8.02. The summed E-state index contributed by atoms with van der Waals surface area (Å²) in [5.41, 5.74) is 14.0. The van der Waals surface area contributed by atoms with Crippen molar-refractivity contribution >= 4 is 41.2 Å². The number of hydrogen-bond acceptors (Lipinski definition) is 9. The number of carbonyl (C=O) groups is 3. The van der Waals surface area contributed by atoms with E-state index in [9.17, 15) is 14.4 Å². The number of ether oxygens (including phenoxy) is 2. The van der Waals surface area contributed by atoms with Crippen LogP contribution in [0.4, 0.5) is 16.4 Å². The van der Waals surface area contributed by atoms with E-state index in [1.54, 1.807) is 49.9 Å². The van der Waals surface area contributed by atoms with Crippen molar-refractivity contribution in [2.24, 2.45) is 5.92 Å². The zero-order valence-corrected chi connectivity index (χ0v) is 25.2. The zero-order valence-electron chi connectivity index (χ0n) is 24.4. The van der Waals surface area contributed by atoms with Crippen molar-refractivity contribution in [3.8, 4) is 0 Å². The summed E-state index contributed by atoms with van der Waals surface area (Å²) in [5.74, 6) is -1.48. The van der Waals surface area contributed by atoms with Crippen LogP contribution in [0.3, 0.4) is 0 Å². The lowest BCUT2D eigenvalue weighted by molar-refractivity contribution is 0.0202. The number of nitrogens with zero attached hydrogens (tertiary/aromatic N) is 3. The first-order valence-electron chi connectivity index (χ1n) is 13.3. The molecule has 224 valence electrons. The third-order valence-corrected chi connectivity index (χ3v) is 6.60. The molecule has 2 aromatic carbocycles. The molecule has 0 aliphatic carbocycles. The predicted octanol–water partition coefficient (Wildman–Crippen LogP) is 4.42. The van der Waals surface area contributed by atoms with E-state index in [-0.39, 0.29) is 48.0 Å². The number of aryl methyl sites for hydroxylation is 1. The molecule has 3 rings (SSSR count). The van der Waals surface area contributed by atoms with Gasteiger partial charge in [-0.25, -0.2) is 19.6 Å². The highest BCUT2D eigenvalue weighted by atomic mass is 35.5. The third kappa shape index (κ3) is 9.07. The standard InChI is InChI=1S/C30H37ClN6O5/c1-18-8-6-7-9-22(18)14-20(15-34-27(38)23-25(32)36-26(33)24(31)35-23)17-37(29(40)42-30(2,3)4)16-19-10-12-21(13-11-19)28(39)41-5/h6-13,20H,14-17H2,1-5H3,(H,34,38)(H4,32,33,36)/t20-/m0/s1. The van der Waals surface area contributed by atoms with Gasteiger partial charge >= 0.3 is 12.1 Å². The molecule has 0 saturated heterocycles. The van der Waals surface area contributed by atoms with Gasteiger partial charge in [-0.05, 0) is 68.9 Å². The van der Waals surface area contributed by atoms with Gasteiger partial charge in [0.2, 0.25) is 0 Å². The highest BCUT2D eigenvalue weighted by Crippen LogP contribution is 2.20. The van der Waals surface area contributed by atoms with Gasteiger partial charge in [-0.2, -0.15) is 0 Å². The van der Waals surface area contributed by atoms with Crippen LogP contribution in [-0.4, -0.2) is 58.6 Å². The van der Waals surface area contributed by atoms with Gasteiger partial charge in [0.15, 0.2) is 22.5 Å². The molecular formula is C30H37ClN6O5. The molecule has 42 heavy (non-hydrogen) atoms. The molecule has 0 fully saturated rings. The third-order valence-electron chi connectivity index (χ3n) is 6.32. The molecule has 0 radical (unpaired) electrons. The van der Waals surface area contributed by atoms with Crippen molar-refractivity contribution in [3.05, 3.63) is 81.6 Å². The average molecular weight is 597 g/mol. The number of nitrogen functional groups attached to an aromatic ring is 2. The van der Waals surface area contributed by atoms with Gasteiger partial charge in [-0.15, -0.1) is 0 Å². The molecule has 1 heterocycles. The maximum Gasteiger partial charge on any atom is 0.410 e. The van der Waals surface area contributed by atoms with Crippen molar-refractivity contribution in [2.75, 3.05) is 31.7 Å². The molecule has 11 nitrogen and oxygen atoms in total. The highest BCUT2D eigenvalue weighted by Gasteiger charge is 2.26. The van der Waals surface area contributed by atoms with Crippen molar-refractivity contribution < 1.29 is 23.9 Å². The molecular weight excluding hydrogens is 560 g/mol. The number of benzene rings is 2. The smallest absolute Gasteiger partial charge is 0.410 e. The topological polar surface area (TPSA) is 163 Å². The van der Waals surface area contributed by atoms with Crippen LogP contribution in [0.5, 0.6) is 0 Å². The van der Waals surface area contributed by atoms with Crippen molar-refractivity contribution in [2.45, 2.75) is 46.3 Å². The maximum atomic E-state index is 13.4. The van der Waals surface area contributed by atoms with E-state index in [1.807, 2.05) is 31.2 Å². The van der Waals surface area contributed by atoms with E-state index in [4.69, 9.17) is 32.5 Å². The Morgan fingerprint density at radius 1 is 1.02 bits per heavy atom. The van der Waals surface area contributed by atoms with Crippen LogP contribution in [0.1, 0.15) is 58.3 Å². The van der Waals surface area contributed by atoms with E-state index in [2.05, 4.69) is 15.3 Å². The van der Waals surface area contributed by atoms with Crippen molar-refractivity contribution in [1.29, 1.82) is 0 Å². The number of nitrogens with two attached hydrogens (primary N) is 2. The Kier molecular flexibility index (Phi) is 10.7. The number of aromatic nitrogens is 2. The normalized spacial score (nSPS) is 11.9. The van der Waals surface area contributed by atoms with E-state index in [0.29, 0.717) is 12.0 Å². The molecule has 0 saturated carbocycles. The molecule has 2 amide bonds. The first-order valence-corrected chi connectivity index (χ1v) is 13.7. The Hall–Kier alpha value is -4.38. The van der Waals surface area contributed by atoms with E-state index in [1.165, 1.54) is 7.11 Å². The van der Waals surface area contributed by atoms with Crippen molar-refractivity contribution in [3.63, 3.8) is 0 Å². The lowest BCUT2D eigenvalue weighted by Crippen LogP contribution is -2.42. The van der Waals surface area contributed by atoms with Gasteiger partial charge in [-0.1, -0.05) is 48.0 Å². The Labute approximate surface area is 250 Å². The zero-order chi connectivity index (χ0) is 31.0. The Bertz CT molecular complexity index is 1420. The fourth-order valence-electron chi connectivity index (χ4n) is 4.21. The number of hydrogen-bond donors (Lipinski definition) is 3. The van der Waals surface area contributed by atoms with Crippen LogP contribution >= 0.6 is 11.6 Å². The van der Waals surface area contributed by atoms with Crippen LogP contribution in [0.2, 0.25) is 5.15 Å². The quantitative estimate of drug-likeness (QED) is 0.287. The second kappa shape index (κ2) is 14.0. The largest absolute Gasteiger partial charge is 0.465 e. The molecule has 1 atom stereocenters. The second-order valence-electron chi connectivity index (χ2n) is 10.9. The number of anilines is 2. The van der Waals surface area contributed by atoms with E-state index < -0.39 is 23.6 Å². The van der Waals surface area contributed by atoms with Gasteiger partial charge < -0.3 is 31.2 Å². The van der Waals surface area contributed by atoms with Crippen LogP contribution in [-0.2, 0) is 22.4 Å². The fraction of sp³-hybridized carbons (Fsp3) is 0.367. The van der Waals surface area contributed by atoms with E-state index >= 15 is 0 Å². The van der Waals surface area contributed by atoms with Crippen LogP contribution < -0.4 is 16.8 Å². The molecule has 3 aromatic rings. The summed E-state index contributed by atoms with van der Waals surface area (Å²) in [5, 5.41) is 2.73. The number of carbonyl (C=O) groups excluding carboxylic acids is 3. The van der Waals surface area contributed by atoms with E-state index in [0.717, 1.165) is 16.7 Å². The minimum absolute atomic E-state index is 0.0734. The predicted molar refractivity (Wildman–Crippen MR) is 161 cm³/mol. The molecule has 0 aliphatic heterocycles. The number of rotatable bonds is 10. The number of nitrogens with one attached hydrogen (secondary N) is 1. The van der Waals surface area contributed by atoms with Gasteiger partial charge in [-0.3, -0.25) is 4.79 Å². The number of amides is 2. The van der Waals surface area contributed by atoms with Crippen molar-refractivity contribution in [1.82, 2.24) is 20.2 Å². The molecule has 0 bridgehead atoms. The van der Waals surface area contributed by atoms with Gasteiger partial charge in [0.25, 0.3) is 5.91 Å². The van der Waals surface area contributed by atoms with Gasteiger partial charge in [0, 0.05) is 19.6 Å². The van der Waals surface area contributed by atoms with Gasteiger partial charge in [0.05, 0.1) is 12.7 Å². The molecule has 1 aromatic heterocycles. The molecule has 0 aliphatic rings. The lowest BCUT2D eigenvalue weighted by Gasteiger charge is -2.31. The number of methoxy groups -OCH3 is 1. The Morgan fingerprint density at radius 2 is 1.69 bits per heavy atom. The van der Waals surface area contributed by atoms with Crippen LogP contribution in [0.15, 0.2) is 48.5 Å². The summed E-state index contributed by atoms with van der Waals surface area (Å²) >= 11 is 5.97. The molecule has 0 unspecified atom stereocenters. The SMILES string of the molecule is COC(=O)c1ccc(CN(C[C@H](CNC(=O)c2nc(Cl)c(N)nc2N)Cc2ccccc2C)C(=O)OC(C)(C)C)cc1. The molecule has 0 spiro atoms. The monoisotopic (exact) mass is 596 g/mol. The molecule has 12 heteroatoms. The first kappa shape index (κ1) is 32.1. The Morgan fingerprint density at radius 3 is 2.31 bits per heavy atom. The summed E-state index contributed by atoms with van der Waals surface area (Å²) in [7, 11) is 1.32. The average Bonchev–Trinajstić information content (AvgIpc) is 2.93. The first-order chi connectivity index (χ1) is 19.8.